The molecule has 0 bridgehead atoms. The normalized spacial score (nSPS) is 14.8. The fourth-order valence-electron chi connectivity index (χ4n) is 3.96. The van der Waals surface area contributed by atoms with E-state index in [2.05, 4.69) is 32.3 Å². The van der Waals surface area contributed by atoms with E-state index >= 15 is 0 Å². The summed E-state index contributed by atoms with van der Waals surface area (Å²) in [6, 6.07) is 12.7. The molecule has 0 aliphatic carbocycles. The highest BCUT2D eigenvalue weighted by Crippen LogP contribution is 2.23. The van der Waals surface area contributed by atoms with Gasteiger partial charge in [-0.3, -0.25) is 14.1 Å². The number of rotatable bonds is 5. The molecule has 0 spiro atoms. The number of carbonyl (C=O) groups excluding carboxylic acids is 1. The molecule has 2 aromatic carbocycles. The maximum absolute atomic E-state index is 14.1. The van der Waals surface area contributed by atoms with Gasteiger partial charge in [-0.1, -0.05) is 30.3 Å². The Morgan fingerprint density at radius 1 is 1.12 bits per heavy atom. The van der Waals surface area contributed by atoms with Crippen molar-refractivity contribution in [1.29, 1.82) is 0 Å². The summed E-state index contributed by atoms with van der Waals surface area (Å²) < 4.78 is 21.0. The van der Waals surface area contributed by atoms with Crippen molar-refractivity contribution in [3.05, 3.63) is 71.3 Å². The quantitative estimate of drug-likeness (QED) is 0.501. The lowest BCUT2D eigenvalue weighted by molar-refractivity contribution is 0.0342. The number of morpholine rings is 1. The molecule has 1 aliphatic heterocycles. The second-order valence-electron chi connectivity index (χ2n) is 7.82. The molecule has 8 nitrogen and oxygen atoms in total. The van der Waals surface area contributed by atoms with Crippen LogP contribution in [0.15, 0.2) is 48.7 Å². The van der Waals surface area contributed by atoms with E-state index in [9.17, 15) is 9.18 Å². The van der Waals surface area contributed by atoms with Gasteiger partial charge in [0.25, 0.3) is 5.91 Å². The molecule has 4 aromatic rings. The molecule has 0 saturated carbocycles. The molecule has 164 valence electrons. The fraction of sp³-hybridized carbons (Fsp3) is 0.261. The molecular formula is C23H23FN6O2. The second-order valence-corrected chi connectivity index (χ2v) is 7.82. The number of fused-ring (bicyclic) bond motifs is 3. The zero-order chi connectivity index (χ0) is 22.1. The summed E-state index contributed by atoms with van der Waals surface area (Å²) >= 11 is 0. The van der Waals surface area contributed by atoms with Crippen LogP contribution in [-0.4, -0.2) is 51.5 Å². The van der Waals surface area contributed by atoms with Crippen LogP contribution >= 0.6 is 0 Å². The highest BCUT2D eigenvalue weighted by atomic mass is 19.1. The maximum Gasteiger partial charge on any atom is 0.271 e. The first-order valence-electron chi connectivity index (χ1n) is 10.5. The first kappa shape index (κ1) is 20.3. The van der Waals surface area contributed by atoms with E-state index in [1.54, 1.807) is 12.1 Å². The predicted octanol–water partition coefficient (Wildman–Crippen LogP) is 2.37. The van der Waals surface area contributed by atoms with Gasteiger partial charge >= 0.3 is 0 Å². The zero-order valence-corrected chi connectivity index (χ0v) is 17.4. The Morgan fingerprint density at radius 2 is 1.91 bits per heavy atom. The smallest absolute Gasteiger partial charge is 0.271 e. The number of imidazole rings is 1. The summed E-state index contributed by atoms with van der Waals surface area (Å²) in [4.78, 5) is 23.6. The summed E-state index contributed by atoms with van der Waals surface area (Å²) in [7, 11) is 0. The van der Waals surface area contributed by atoms with E-state index in [0.717, 1.165) is 38.4 Å². The first-order chi connectivity index (χ1) is 15.6. The number of ether oxygens (including phenoxy) is 1. The van der Waals surface area contributed by atoms with Crippen molar-refractivity contribution in [3.63, 3.8) is 0 Å². The lowest BCUT2D eigenvalue weighted by Gasteiger charge is -2.26. The Hall–Kier alpha value is -3.56. The van der Waals surface area contributed by atoms with Crippen LogP contribution in [0.5, 0.6) is 0 Å². The monoisotopic (exact) mass is 434 g/mol. The Morgan fingerprint density at radius 3 is 2.75 bits per heavy atom. The van der Waals surface area contributed by atoms with Crippen molar-refractivity contribution in [1.82, 2.24) is 24.6 Å². The van der Waals surface area contributed by atoms with Crippen LogP contribution in [0.25, 0.3) is 16.6 Å². The van der Waals surface area contributed by atoms with Gasteiger partial charge in [-0.2, -0.15) is 0 Å². The SMILES string of the molecule is Nc1nc2c(F)cccc2c2nc(C(=O)NCc3cccc(CN4CCOCC4)c3)cn12. The summed E-state index contributed by atoms with van der Waals surface area (Å²) in [5.41, 5.74) is 8.88. The number of anilines is 1. The van der Waals surface area contributed by atoms with E-state index in [1.165, 1.54) is 22.2 Å². The van der Waals surface area contributed by atoms with Crippen LogP contribution < -0.4 is 11.1 Å². The van der Waals surface area contributed by atoms with Crippen LogP contribution in [0.4, 0.5) is 10.3 Å². The average molecular weight is 434 g/mol. The highest BCUT2D eigenvalue weighted by molar-refractivity contribution is 5.97. The summed E-state index contributed by atoms with van der Waals surface area (Å²) in [5, 5.41) is 3.40. The summed E-state index contributed by atoms with van der Waals surface area (Å²) in [6.45, 7) is 4.59. The molecule has 3 N–H and O–H groups in total. The number of hydrogen-bond acceptors (Lipinski definition) is 6. The van der Waals surface area contributed by atoms with Gasteiger partial charge in [0, 0.05) is 37.8 Å². The van der Waals surface area contributed by atoms with E-state index in [1.807, 2.05) is 12.1 Å². The molecule has 1 aliphatic rings. The van der Waals surface area contributed by atoms with Crippen LogP contribution in [0.1, 0.15) is 21.6 Å². The number of aromatic nitrogens is 3. The molecular weight excluding hydrogens is 411 g/mol. The number of nitrogens with one attached hydrogen (secondary N) is 1. The fourth-order valence-corrected chi connectivity index (χ4v) is 3.96. The molecule has 0 unspecified atom stereocenters. The number of nitrogens with two attached hydrogens (primary N) is 1. The number of nitrogens with zero attached hydrogens (tertiary/aromatic N) is 4. The van der Waals surface area contributed by atoms with Gasteiger partial charge in [-0.15, -0.1) is 0 Å². The van der Waals surface area contributed by atoms with Gasteiger partial charge < -0.3 is 15.8 Å². The third kappa shape index (κ3) is 4.00. The highest BCUT2D eigenvalue weighted by Gasteiger charge is 2.16. The molecule has 9 heteroatoms. The largest absolute Gasteiger partial charge is 0.379 e. The van der Waals surface area contributed by atoms with Crippen LogP contribution in [0, 0.1) is 5.82 Å². The van der Waals surface area contributed by atoms with Gasteiger partial charge in [-0.05, 0) is 23.3 Å². The van der Waals surface area contributed by atoms with Crippen LogP contribution in [0.2, 0.25) is 0 Å². The molecule has 2 aromatic heterocycles. The number of para-hydroxylation sites is 1. The topological polar surface area (TPSA) is 97.8 Å². The lowest BCUT2D eigenvalue weighted by atomic mass is 10.1. The molecule has 1 saturated heterocycles. The van der Waals surface area contributed by atoms with Gasteiger partial charge in [-0.25, -0.2) is 14.4 Å². The molecule has 3 heterocycles. The van der Waals surface area contributed by atoms with Crippen molar-refractivity contribution in [3.8, 4) is 0 Å². The van der Waals surface area contributed by atoms with E-state index in [4.69, 9.17) is 10.5 Å². The van der Waals surface area contributed by atoms with Gasteiger partial charge in [0.15, 0.2) is 0 Å². The van der Waals surface area contributed by atoms with Gasteiger partial charge in [0.2, 0.25) is 5.95 Å². The maximum atomic E-state index is 14.1. The average Bonchev–Trinajstić information content (AvgIpc) is 3.26. The number of hydrogen-bond donors (Lipinski definition) is 2. The van der Waals surface area contributed by atoms with Crippen molar-refractivity contribution >= 4 is 28.4 Å². The second kappa shape index (κ2) is 8.52. The van der Waals surface area contributed by atoms with E-state index in [-0.39, 0.29) is 23.1 Å². The minimum Gasteiger partial charge on any atom is -0.379 e. The zero-order valence-electron chi connectivity index (χ0n) is 17.4. The van der Waals surface area contributed by atoms with Crippen molar-refractivity contribution in [2.45, 2.75) is 13.1 Å². The van der Waals surface area contributed by atoms with Gasteiger partial charge in [0.05, 0.1) is 13.2 Å². The molecule has 1 fully saturated rings. The third-order valence-electron chi connectivity index (χ3n) is 5.59. The molecule has 1 amide bonds. The molecule has 0 radical (unpaired) electrons. The van der Waals surface area contributed by atoms with Crippen LogP contribution in [-0.2, 0) is 17.8 Å². The lowest BCUT2D eigenvalue weighted by Crippen LogP contribution is -2.35. The Kier molecular flexibility index (Phi) is 5.42. The molecule has 0 atom stereocenters. The third-order valence-corrected chi connectivity index (χ3v) is 5.59. The Labute approximate surface area is 183 Å². The molecule has 32 heavy (non-hydrogen) atoms. The number of benzene rings is 2. The minimum absolute atomic E-state index is 0.0694. The van der Waals surface area contributed by atoms with Crippen molar-refractivity contribution in [2.24, 2.45) is 0 Å². The van der Waals surface area contributed by atoms with Crippen LogP contribution in [0.3, 0.4) is 0 Å². The summed E-state index contributed by atoms with van der Waals surface area (Å²) in [6.07, 6.45) is 1.52. The van der Waals surface area contributed by atoms with Crippen molar-refractivity contribution in [2.75, 3.05) is 32.0 Å². The number of halogens is 1. The number of carbonyl (C=O) groups is 1. The Balaban J connectivity index is 1.32. The number of amides is 1. The minimum atomic E-state index is -0.484. The Bertz CT molecular complexity index is 1300. The number of nitrogen functional groups attached to an aromatic ring is 1. The van der Waals surface area contributed by atoms with E-state index in [0.29, 0.717) is 17.6 Å². The standard InChI is InChI=1S/C23H23FN6O2/c24-18-6-2-5-17-20(18)28-23(25)30-14-19(27-21(17)30)22(31)26-12-15-3-1-4-16(11-15)13-29-7-9-32-10-8-29/h1-6,11,14H,7-10,12-13H2,(H2,25,28)(H,26,31). The predicted molar refractivity (Wildman–Crippen MR) is 119 cm³/mol. The van der Waals surface area contributed by atoms with E-state index < -0.39 is 5.82 Å². The molecule has 5 rings (SSSR count). The van der Waals surface area contributed by atoms with Crippen molar-refractivity contribution < 1.29 is 13.9 Å². The first-order valence-corrected chi connectivity index (χ1v) is 10.5. The summed E-state index contributed by atoms with van der Waals surface area (Å²) in [5.74, 6) is -0.751. The van der Waals surface area contributed by atoms with Gasteiger partial charge in [0.1, 0.15) is 22.7 Å².